The van der Waals surface area contributed by atoms with Gasteiger partial charge >= 0.3 is 6.03 Å². The maximum absolute atomic E-state index is 12.9. The number of benzene rings is 1. The highest BCUT2D eigenvalue weighted by atomic mass is 19.1. The molecule has 0 saturated carbocycles. The summed E-state index contributed by atoms with van der Waals surface area (Å²) < 4.78 is 12.9. The van der Waals surface area contributed by atoms with Gasteiger partial charge in [-0.3, -0.25) is 4.90 Å². The van der Waals surface area contributed by atoms with Crippen LogP contribution in [0.5, 0.6) is 0 Å². The van der Waals surface area contributed by atoms with Crippen LogP contribution in [0.15, 0.2) is 24.3 Å². The number of aliphatic hydroxyl groups is 1. The number of hydrogen-bond donors (Lipinski definition) is 3. The molecule has 3 N–H and O–H groups in total. The zero-order chi connectivity index (χ0) is 17.4. The number of rotatable bonds is 7. The summed E-state index contributed by atoms with van der Waals surface area (Å²) in [5, 5.41) is 14.7. The summed E-state index contributed by atoms with van der Waals surface area (Å²) in [6, 6.07) is 6.69. The molecule has 2 amide bonds. The standard InChI is InChI=1S/C18H28FN3O2/c1-14(8-11-23)12-20-18(24)21-17-6-9-22(10-7-17)13-15-2-4-16(19)5-3-15/h2-5,14,17,23H,6-13H2,1H3,(H2,20,21,24). The van der Waals surface area contributed by atoms with Crippen molar-refractivity contribution < 1.29 is 14.3 Å². The van der Waals surface area contributed by atoms with Crippen molar-refractivity contribution in [2.45, 2.75) is 38.8 Å². The number of piperidine rings is 1. The molecule has 1 atom stereocenters. The van der Waals surface area contributed by atoms with E-state index in [2.05, 4.69) is 15.5 Å². The average molecular weight is 337 g/mol. The molecule has 5 nitrogen and oxygen atoms in total. The van der Waals surface area contributed by atoms with Crippen molar-refractivity contribution in [3.63, 3.8) is 0 Å². The molecule has 1 unspecified atom stereocenters. The molecule has 1 heterocycles. The van der Waals surface area contributed by atoms with Crippen molar-refractivity contribution in [3.8, 4) is 0 Å². The van der Waals surface area contributed by atoms with Gasteiger partial charge in [0.25, 0.3) is 0 Å². The molecule has 0 bridgehead atoms. The summed E-state index contributed by atoms with van der Waals surface area (Å²) in [6.45, 7) is 5.39. The molecule has 0 aliphatic carbocycles. The van der Waals surface area contributed by atoms with Gasteiger partial charge in [-0.1, -0.05) is 19.1 Å². The lowest BCUT2D eigenvalue weighted by molar-refractivity contribution is 0.186. The molecule has 0 aromatic heterocycles. The van der Waals surface area contributed by atoms with E-state index in [1.165, 1.54) is 12.1 Å². The second kappa shape index (κ2) is 9.59. The number of amides is 2. The Kier molecular flexibility index (Phi) is 7.46. The van der Waals surface area contributed by atoms with Gasteiger partial charge in [-0.2, -0.15) is 0 Å². The number of nitrogens with one attached hydrogen (secondary N) is 2. The van der Waals surface area contributed by atoms with Gasteiger partial charge in [0.05, 0.1) is 0 Å². The first kappa shape index (κ1) is 18.7. The molecule has 1 saturated heterocycles. The topological polar surface area (TPSA) is 64.6 Å². The minimum atomic E-state index is -0.207. The van der Waals surface area contributed by atoms with Gasteiger partial charge in [0.15, 0.2) is 0 Å². The van der Waals surface area contributed by atoms with Gasteiger partial charge in [-0.15, -0.1) is 0 Å². The van der Waals surface area contributed by atoms with Crippen LogP contribution in [-0.4, -0.2) is 48.3 Å². The predicted octanol–water partition coefficient (Wildman–Crippen LogP) is 2.11. The number of likely N-dealkylation sites (tertiary alicyclic amines) is 1. The third-order valence-corrected chi connectivity index (χ3v) is 4.48. The molecule has 1 aromatic carbocycles. The van der Waals surface area contributed by atoms with Crippen molar-refractivity contribution >= 4 is 6.03 Å². The Morgan fingerprint density at radius 1 is 1.33 bits per heavy atom. The first-order valence-electron chi connectivity index (χ1n) is 8.69. The van der Waals surface area contributed by atoms with Gasteiger partial charge in [0.2, 0.25) is 0 Å². The zero-order valence-corrected chi connectivity index (χ0v) is 14.3. The summed E-state index contributed by atoms with van der Waals surface area (Å²) >= 11 is 0. The van der Waals surface area contributed by atoms with Crippen LogP contribution in [0.25, 0.3) is 0 Å². The van der Waals surface area contributed by atoms with Gasteiger partial charge in [0.1, 0.15) is 5.82 Å². The minimum Gasteiger partial charge on any atom is -0.396 e. The van der Waals surface area contributed by atoms with Crippen LogP contribution in [-0.2, 0) is 6.54 Å². The second-order valence-electron chi connectivity index (χ2n) is 6.65. The molecule has 1 aliphatic heterocycles. The van der Waals surface area contributed by atoms with Gasteiger partial charge in [0, 0.05) is 38.8 Å². The number of nitrogens with zero attached hydrogens (tertiary/aromatic N) is 1. The lowest BCUT2D eigenvalue weighted by Gasteiger charge is -2.32. The summed E-state index contributed by atoms with van der Waals surface area (Å²) in [6.07, 6.45) is 2.53. The molecule has 0 spiro atoms. The normalized spacial score (nSPS) is 17.5. The highest BCUT2D eigenvalue weighted by Gasteiger charge is 2.20. The van der Waals surface area contributed by atoms with E-state index in [9.17, 15) is 9.18 Å². The molecule has 6 heteroatoms. The lowest BCUT2D eigenvalue weighted by Crippen LogP contribution is -2.48. The van der Waals surface area contributed by atoms with E-state index in [1.807, 2.05) is 19.1 Å². The molecule has 1 aromatic rings. The highest BCUT2D eigenvalue weighted by molar-refractivity contribution is 5.74. The molecule has 1 aliphatic rings. The Hall–Kier alpha value is -1.66. The minimum absolute atomic E-state index is 0.128. The lowest BCUT2D eigenvalue weighted by atomic mass is 10.0. The fraction of sp³-hybridized carbons (Fsp3) is 0.611. The zero-order valence-electron chi connectivity index (χ0n) is 14.3. The van der Waals surface area contributed by atoms with Crippen molar-refractivity contribution in [2.75, 3.05) is 26.2 Å². The van der Waals surface area contributed by atoms with Crippen LogP contribution in [0.1, 0.15) is 31.7 Å². The van der Waals surface area contributed by atoms with Crippen molar-refractivity contribution in [3.05, 3.63) is 35.6 Å². The molecule has 1 fully saturated rings. The molecule has 0 radical (unpaired) electrons. The van der Waals surface area contributed by atoms with Crippen molar-refractivity contribution in [1.29, 1.82) is 0 Å². The van der Waals surface area contributed by atoms with E-state index >= 15 is 0 Å². The van der Waals surface area contributed by atoms with Crippen LogP contribution in [0, 0.1) is 11.7 Å². The Labute approximate surface area is 143 Å². The third kappa shape index (κ3) is 6.45. The Bertz CT molecular complexity index is 501. The van der Waals surface area contributed by atoms with E-state index < -0.39 is 0 Å². The summed E-state index contributed by atoms with van der Waals surface area (Å²) in [5.41, 5.74) is 1.11. The van der Waals surface area contributed by atoms with E-state index in [4.69, 9.17) is 5.11 Å². The maximum atomic E-state index is 12.9. The smallest absolute Gasteiger partial charge is 0.315 e. The summed E-state index contributed by atoms with van der Waals surface area (Å²) in [5.74, 6) is 0.0688. The van der Waals surface area contributed by atoms with Crippen LogP contribution < -0.4 is 10.6 Å². The fourth-order valence-electron chi connectivity index (χ4n) is 2.91. The summed E-state index contributed by atoms with van der Waals surface area (Å²) in [7, 11) is 0. The van der Waals surface area contributed by atoms with E-state index in [1.54, 1.807) is 0 Å². The van der Waals surface area contributed by atoms with Gasteiger partial charge in [-0.05, 0) is 42.9 Å². The fourth-order valence-corrected chi connectivity index (χ4v) is 2.91. The maximum Gasteiger partial charge on any atom is 0.315 e. The Balaban J connectivity index is 1.65. The van der Waals surface area contributed by atoms with E-state index in [-0.39, 0.29) is 30.4 Å². The number of aliphatic hydroxyl groups excluding tert-OH is 1. The molecule has 134 valence electrons. The number of carbonyl (C=O) groups is 1. The Morgan fingerprint density at radius 2 is 2.00 bits per heavy atom. The van der Waals surface area contributed by atoms with Crippen LogP contribution >= 0.6 is 0 Å². The SMILES string of the molecule is CC(CCO)CNC(=O)NC1CCN(Cc2ccc(F)cc2)CC1. The first-order chi connectivity index (χ1) is 11.6. The number of urea groups is 1. The van der Waals surface area contributed by atoms with Crippen molar-refractivity contribution in [2.24, 2.45) is 5.92 Å². The average Bonchev–Trinajstić information content (AvgIpc) is 2.57. The monoisotopic (exact) mass is 337 g/mol. The molecule has 24 heavy (non-hydrogen) atoms. The van der Waals surface area contributed by atoms with Crippen LogP contribution in [0.3, 0.4) is 0 Å². The first-order valence-corrected chi connectivity index (χ1v) is 8.69. The van der Waals surface area contributed by atoms with Crippen LogP contribution in [0.2, 0.25) is 0 Å². The van der Waals surface area contributed by atoms with E-state index in [0.717, 1.165) is 38.0 Å². The second-order valence-corrected chi connectivity index (χ2v) is 6.65. The Morgan fingerprint density at radius 3 is 2.62 bits per heavy atom. The summed E-state index contributed by atoms with van der Waals surface area (Å²) in [4.78, 5) is 14.2. The quantitative estimate of drug-likeness (QED) is 0.714. The molecule has 2 rings (SSSR count). The third-order valence-electron chi connectivity index (χ3n) is 4.48. The van der Waals surface area contributed by atoms with E-state index in [0.29, 0.717) is 13.0 Å². The van der Waals surface area contributed by atoms with Crippen LogP contribution in [0.4, 0.5) is 9.18 Å². The highest BCUT2D eigenvalue weighted by Crippen LogP contribution is 2.14. The molecular formula is C18H28FN3O2. The predicted molar refractivity (Wildman–Crippen MR) is 92.1 cm³/mol. The largest absolute Gasteiger partial charge is 0.396 e. The van der Waals surface area contributed by atoms with Gasteiger partial charge < -0.3 is 15.7 Å². The number of hydrogen-bond acceptors (Lipinski definition) is 3. The molecular weight excluding hydrogens is 309 g/mol. The number of carbonyl (C=O) groups excluding carboxylic acids is 1. The van der Waals surface area contributed by atoms with Crippen molar-refractivity contribution in [1.82, 2.24) is 15.5 Å². The van der Waals surface area contributed by atoms with Gasteiger partial charge in [-0.25, -0.2) is 9.18 Å². The number of halogens is 1.